The average Bonchev–Trinajstić information content (AvgIpc) is 2.74. The predicted octanol–water partition coefficient (Wildman–Crippen LogP) is -1.56. The number of likely N-dealkylation sites (tertiary alicyclic amines) is 1. The van der Waals surface area contributed by atoms with Gasteiger partial charge in [-0.3, -0.25) is 9.59 Å². The summed E-state index contributed by atoms with van der Waals surface area (Å²) >= 11 is 0. The van der Waals surface area contributed by atoms with E-state index in [2.05, 4.69) is 5.10 Å². The van der Waals surface area contributed by atoms with Gasteiger partial charge < -0.3 is 15.1 Å². The zero-order valence-corrected chi connectivity index (χ0v) is 10.2. The number of amides is 1. The number of hydrogen-bond acceptors (Lipinski definition) is 5. The lowest BCUT2D eigenvalue weighted by Crippen LogP contribution is -2.41. The Morgan fingerprint density at radius 1 is 1.42 bits per heavy atom. The van der Waals surface area contributed by atoms with Gasteiger partial charge in [0.15, 0.2) is 0 Å². The minimum Gasteiger partial charge on any atom is -0.480 e. The van der Waals surface area contributed by atoms with E-state index in [-0.39, 0.29) is 24.2 Å². The highest BCUT2D eigenvalue weighted by atomic mass is 16.4. The van der Waals surface area contributed by atoms with Crippen LogP contribution in [0.3, 0.4) is 0 Å². The van der Waals surface area contributed by atoms with E-state index >= 15 is 0 Å². The molecule has 2 rings (SSSR count). The number of β-amino-alcohol motifs (C(OH)–C–C–N with tert-alkyl or cyclic N) is 1. The van der Waals surface area contributed by atoms with Gasteiger partial charge in [-0.1, -0.05) is 0 Å². The maximum absolute atomic E-state index is 12.1. The van der Waals surface area contributed by atoms with Gasteiger partial charge in [0.1, 0.15) is 11.7 Å². The smallest absolute Gasteiger partial charge is 0.326 e. The number of aliphatic hydroxyl groups is 1. The van der Waals surface area contributed by atoms with Crippen LogP contribution in [0.5, 0.6) is 0 Å². The van der Waals surface area contributed by atoms with Gasteiger partial charge in [0.2, 0.25) is 0 Å². The molecule has 0 spiro atoms. The highest BCUT2D eigenvalue weighted by Crippen LogP contribution is 2.20. The third kappa shape index (κ3) is 2.48. The van der Waals surface area contributed by atoms with Crippen LogP contribution in [0.1, 0.15) is 16.9 Å². The molecule has 0 radical (unpaired) electrons. The Labute approximate surface area is 107 Å². The van der Waals surface area contributed by atoms with Crippen molar-refractivity contribution in [1.82, 2.24) is 14.7 Å². The molecular formula is C11H13N3O5. The van der Waals surface area contributed by atoms with Crippen LogP contribution in [0.4, 0.5) is 0 Å². The van der Waals surface area contributed by atoms with Gasteiger partial charge in [-0.05, 0) is 6.07 Å². The molecule has 0 unspecified atom stereocenters. The first-order valence-electron chi connectivity index (χ1n) is 5.66. The van der Waals surface area contributed by atoms with Crippen molar-refractivity contribution in [3.63, 3.8) is 0 Å². The molecule has 1 saturated heterocycles. The summed E-state index contributed by atoms with van der Waals surface area (Å²) in [5, 5.41) is 22.3. The molecule has 0 aliphatic carbocycles. The fourth-order valence-corrected chi connectivity index (χ4v) is 2.04. The molecule has 0 aromatic carbocycles. The minimum atomic E-state index is -1.17. The van der Waals surface area contributed by atoms with Gasteiger partial charge >= 0.3 is 5.97 Å². The van der Waals surface area contributed by atoms with Gasteiger partial charge in [-0.15, -0.1) is 0 Å². The summed E-state index contributed by atoms with van der Waals surface area (Å²) in [6.45, 7) is -0.0552. The van der Waals surface area contributed by atoms with E-state index in [4.69, 9.17) is 5.11 Å². The number of carboxylic acids is 1. The van der Waals surface area contributed by atoms with Crippen molar-refractivity contribution in [2.75, 3.05) is 6.54 Å². The molecule has 2 N–H and O–H groups in total. The molecule has 1 aliphatic heterocycles. The Hall–Kier alpha value is -2.22. The highest BCUT2D eigenvalue weighted by Gasteiger charge is 2.39. The Morgan fingerprint density at radius 2 is 2.11 bits per heavy atom. The first-order valence-corrected chi connectivity index (χ1v) is 5.66. The van der Waals surface area contributed by atoms with Crippen molar-refractivity contribution < 1.29 is 19.8 Å². The van der Waals surface area contributed by atoms with Crippen molar-refractivity contribution in [2.45, 2.75) is 18.6 Å². The van der Waals surface area contributed by atoms with Crippen molar-refractivity contribution in [2.24, 2.45) is 7.05 Å². The van der Waals surface area contributed by atoms with Crippen LogP contribution in [0.15, 0.2) is 16.9 Å². The third-order valence-corrected chi connectivity index (χ3v) is 3.00. The topological polar surface area (TPSA) is 113 Å². The SMILES string of the molecule is Cn1nc(C(=O)N2C[C@@H](O)C[C@H]2C(=O)O)ccc1=O. The lowest BCUT2D eigenvalue weighted by Gasteiger charge is -2.20. The molecular weight excluding hydrogens is 254 g/mol. The maximum atomic E-state index is 12.1. The van der Waals surface area contributed by atoms with Crippen LogP contribution in [-0.2, 0) is 11.8 Å². The number of rotatable bonds is 2. The summed E-state index contributed by atoms with van der Waals surface area (Å²) in [7, 11) is 1.40. The molecule has 8 nitrogen and oxygen atoms in total. The molecule has 1 amide bonds. The van der Waals surface area contributed by atoms with Gasteiger partial charge in [-0.2, -0.15) is 5.10 Å². The third-order valence-electron chi connectivity index (χ3n) is 3.00. The standard InChI is InChI=1S/C11H13N3O5/c1-13-9(16)3-2-7(12-13)10(17)14-5-6(15)4-8(14)11(18)19/h2-3,6,8,15H,4-5H2,1H3,(H,18,19)/t6-,8-/m0/s1. The van der Waals surface area contributed by atoms with E-state index in [1.54, 1.807) is 0 Å². The van der Waals surface area contributed by atoms with E-state index in [0.29, 0.717) is 0 Å². The fourth-order valence-electron chi connectivity index (χ4n) is 2.04. The van der Waals surface area contributed by atoms with E-state index in [1.165, 1.54) is 19.2 Å². The Balaban J connectivity index is 2.30. The number of carbonyl (C=O) groups excluding carboxylic acids is 1. The molecule has 19 heavy (non-hydrogen) atoms. The lowest BCUT2D eigenvalue weighted by atomic mass is 10.2. The van der Waals surface area contributed by atoms with Crippen LogP contribution < -0.4 is 5.56 Å². The summed E-state index contributed by atoms with van der Waals surface area (Å²) in [4.78, 5) is 35.4. The predicted molar refractivity (Wildman–Crippen MR) is 62.6 cm³/mol. The first-order chi connectivity index (χ1) is 8.90. The number of hydrogen-bond donors (Lipinski definition) is 2. The molecule has 1 aromatic heterocycles. The van der Waals surface area contributed by atoms with Crippen LogP contribution >= 0.6 is 0 Å². The number of aliphatic hydroxyl groups excluding tert-OH is 1. The normalized spacial score (nSPS) is 22.5. The summed E-state index contributed by atoms with van der Waals surface area (Å²) in [5.41, 5.74) is -0.393. The number of carboxylic acid groups (broad SMARTS) is 1. The molecule has 0 saturated carbocycles. The lowest BCUT2D eigenvalue weighted by molar-refractivity contribution is -0.141. The van der Waals surface area contributed by atoms with Crippen LogP contribution in [0.25, 0.3) is 0 Å². The second-order valence-electron chi connectivity index (χ2n) is 4.38. The zero-order valence-electron chi connectivity index (χ0n) is 10.2. The van der Waals surface area contributed by atoms with Crippen molar-refractivity contribution in [3.8, 4) is 0 Å². The number of aliphatic carboxylic acids is 1. The monoisotopic (exact) mass is 267 g/mol. The van der Waals surface area contributed by atoms with Crippen LogP contribution in [0, 0.1) is 0 Å². The Bertz CT molecular complexity index is 582. The molecule has 102 valence electrons. The maximum Gasteiger partial charge on any atom is 0.326 e. The van der Waals surface area contributed by atoms with E-state index in [1.807, 2.05) is 0 Å². The average molecular weight is 267 g/mol. The molecule has 1 aromatic rings. The second kappa shape index (κ2) is 4.81. The summed E-state index contributed by atoms with van der Waals surface area (Å²) in [6.07, 6.45) is -0.870. The molecule has 2 atom stereocenters. The van der Waals surface area contributed by atoms with Crippen molar-refractivity contribution in [3.05, 3.63) is 28.2 Å². The summed E-state index contributed by atoms with van der Waals surface area (Å²) in [6, 6.07) is 1.36. The Kier molecular flexibility index (Phi) is 3.34. The largest absolute Gasteiger partial charge is 0.480 e. The molecule has 2 heterocycles. The highest BCUT2D eigenvalue weighted by molar-refractivity contribution is 5.95. The molecule has 0 bridgehead atoms. The number of carbonyl (C=O) groups is 2. The number of nitrogens with zero attached hydrogens (tertiary/aromatic N) is 3. The van der Waals surface area contributed by atoms with E-state index in [9.17, 15) is 19.5 Å². The van der Waals surface area contributed by atoms with Gasteiger partial charge in [0.05, 0.1) is 6.10 Å². The van der Waals surface area contributed by atoms with Gasteiger partial charge in [0.25, 0.3) is 11.5 Å². The van der Waals surface area contributed by atoms with Crippen LogP contribution in [0.2, 0.25) is 0 Å². The zero-order chi connectivity index (χ0) is 14.2. The minimum absolute atomic E-state index is 0.00711. The fraction of sp³-hybridized carbons (Fsp3) is 0.455. The summed E-state index contributed by atoms with van der Waals surface area (Å²) < 4.78 is 0.996. The number of aromatic nitrogens is 2. The molecule has 8 heteroatoms. The van der Waals surface area contributed by atoms with Gasteiger partial charge in [-0.25, -0.2) is 9.48 Å². The number of aryl methyl sites for hydroxylation is 1. The molecule has 1 fully saturated rings. The summed E-state index contributed by atoms with van der Waals surface area (Å²) in [5.74, 6) is -1.78. The quantitative estimate of drug-likeness (QED) is 0.670. The van der Waals surface area contributed by atoms with E-state index in [0.717, 1.165) is 9.58 Å². The van der Waals surface area contributed by atoms with Crippen LogP contribution in [-0.4, -0.2) is 55.5 Å². The second-order valence-corrected chi connectivity index (χ2v) is 4.38. The first kappa shape index (κ1) is 13.2. The van der Waals surface area contributed by atoms with Gasteiger partial charge in [0, 0.05) is 26.1 Å². The van der Waals surface area contributed by atoms with Crippen molar-refractivity contribution >= 4 is 11.9 Å². The molecule has 1 aliphatic rings. The Morgan fingerprint density at radius 3 is 2.68 bits per heavy atom. The van der Waals surface area contributed by atoms with E-state index < -0.39 is 24.0 Å². The van der Waals surface area contributed by atoms with Crippen molar-refractivity contribution in [1.29, 1.82) is 0 Å².